The van der Waals surface area contributed by atoms with Crippen molar-refractivity contribution in [3.63, 3.8) is 0 Å². The molecule has 0 radical (unpaired) electrons. The Morgan fingerprint density at radius 2 is 1.80 bits per heavy atom. The first-order chi connectivity index (χ1) is 7.18. The Balaban J connectivity index is 0.000000531. The van der Waals surface area contributed by atoms with Gasteiger partial charge in [-0.15, -0.1) is 0 Å². The fourth-order valence-electron chi connectivity index (χ4n) is 2.30. The molecule has 1 aromatic rings. The molecule has 0 spiro atoms. The van der Waals surface area contributed by atoms with Crippen LogP contribution < -0.4 is 0 Å². The summed E-state index contributed by atoms with van der Waals surface area (Å²) in [4.78, 5) is 0. The molecule has 0 amide bonds. The van der Waals surface area contributed by atoms with Gasteiger partial charge in [-0.05, 0) is 48.8 Å². The van der Waals surface area contributed by atoms with Crippen LogP contribution in [0, 0.1) is 18.7 Å². The van der Waals surface area contributed by atoms with Gasteiger partial charge in [0.05, 0.1) is 0 Å². The van der Waals surface area contributed by atoms with Crippen LogP contribution in [0.3, 0.4) is 0 Å². The summed E-state index contributed by atoms with van der Waals surface area (Å²) >= 11 is 0. The summed E-state index contributed by atoms with van der Waals surface area (Å²) in [6.07, 6.45) is 2.31. The zero-order valence-electron chi connectivity index (χ0n) is 10.2. The van der Waals surface area contributed by atoms with Crippen molar-refractivity contribution in [2.75, 3.05) is 0 Å². The van der Waals surface area contributed by atoms with Gasteiger partial charge in [-0.3, -0.25) is 0 Å². The van der Waals surface area contributed by atoms with Crippen LogP contribution >= 0.6 is 0 Å². The molecule has 1 heteroatoms. The van der Waals surface area contributed by atoms with Crippen molar-refractivity contribution < 1.29 is 4.39 Å². The van der Waals surface area contributed by atoms with Crippen molar-refractivity contribution in [2.24, 2.45) is 5.92 Å². The predicted molar refractivity (Wildman–Crippen MR) is 63.6 cm³/mol. The summed E-state index contributed by atoms with van der Waals surface area (Å²) in [7, 11) is 0. The highest BCUT2D eigenvalue weighted by atomic mass is 19.1. The summed E-state index contributed by atoms with van der Waals surface area (Å²) in [6, 6.07) is 5.36. The van der Waals surface area contributed by atoms with E-state index in [4.69, 9.17) is 0 Å². The van der Waals surface area contributed by atoms with Crippen LogP contribution in [0.2, 0.25) is 0 Å². The Hall–Kier alpha value is -0.850. The maximum absolute atomic E-state index is 13.4. The van der Waals surface area contributed by atoms with Crippen LogP contribution in [0.5, 0.6) is 0 Å². The number of hydrogen-bond donors (Lipinski definition) is 0. The second-order valence-corrected chi connectivity index (χ2v) is 4.24. The molecule has 0 aliphatic heterocycles. The molecule has 1 aliphatic rings. The lowest BCUT2D eigenvalue weighted by molar-refractivity contribution is 0.281. The molecular weight excluding hydrogens is 187 g/mol. The van der Waals surface area contributed by atoms with Gasteiger partial charge in [0.15, 0.2) is 0 Å². The van der Waals surface area contributed by atoms with Crippen molar-refractivity contribution in [1.82, 2.24) is 0 Å². The quantitative estimate of drug-likeness (QED) is 0.629. The van der Waals surface area contributed by atoms with Gasteiger partial charge in [-0.1, -0.05) is 32.9 Å². The first-order valence-corrected chi connectivity index (χ1v) is 5.93. The highest BCUT2D eigenvalue weighted by Crippen LogP contribution is 2.43. The third-order valence-electron chi connectivity index (χ3n) is 3.05. The van der Waals surface area contributed by atoms with Crippen molar-refractivity contribution in [3.05, 3.63) is 35.1 Å². The normalized spacial score (nSPS) is 23.8. The van der Waals surface area contributed by atoms with E-state index in [9.17, 15) is 4.39 Å². The molecule has 0 atom stereocenters. The second-order valence-electron chi connectivity index (χ2n) is 4.24. The molecule has 84 valence electrons. The molecule has 0 aromatic heterocycles. The number of aryl methyl sites for hydroxylation is 1. The van der Waals surface area contributed by atoms with E-state index in [2.05, 4.69) is 6.92 Å². The molecular formula is C14H21F. The SMILES string of the molecule is CC.Cc1cccc(F)c1C1CC(C)C1. The van der Waals surface area contributed by atoms with Gasteiger partial charge in [0.25, 0.3) is 0 Å². The van der Waals surface area contributed by atoms with Gasteiger partial charge in [-0.25, -0.2) is 4.39 Å². The maximum Gasteiger partial charge on any atom is 0.126 e. The largest absolute Gasteiger partial charge is 0.207 e. The average molecular weight is 208 g/mol. The summed E-state index contributed by atoms with van der Waals surface area (Å²) in [5.41, 5.74) is 2.07. The third kappa shape index (κ3) is 2.58. The van der Waals surface area contributed by atoms with Gasteiger partial charge in [0, 0.05) is 0 Å². The van der Waals surface area contributed by atoms with Crippen molar-refractivity contribution in [3.8, 4) is 0 Å². The van der Waals surface area contributed by atoms with E-state index in [0.717, 1.165) is 29.9 Å². The van der Waals surface area contributed by atoms with Crippen molar-refractivity contribution in [2.45, 2.75) is 46.5 Å². The van der Waals surface area contributed by atoms with Crippen molar-refractivity contribution in [1.29, 1.82) is 0 Å². The average Bonchev–Trinajstić information content (AvgIpc) is 2.18. The van der Waals surface area contributed by atoms with Crippen LogP contribution in [0.4, 0.5) is 4.39 Å². The Morgan fingerprint density at radius 3 is 2.27 bits per heavy atom. The molecule has 2 rings (SSSR count). The number of benzene rings is 1. The zero-order valence-corrected chi connectivity index (χ0v) is 10.2. The first kappa shape index (κ1) is 12.2. The van der Waals surface area contributed by atoms with Crippen LogP contribution in [0.15, 0.2) is 18.2 Å². The predicted octanol–water partition coefficient (Wildman–Crippen LogP) is 4.67. The smallest absolute Gasteiger partial charge is 0.126 e. The summed E-state index contributed by atoms with van der Waals surface area (Å²) in [6.45, 7) is 8.23. The maximum atomic E-state index is 13.4. The van der Waals surface area contributed by atoms with Gasteiger partial charge in [-0.2, -0.15) is 0 Å². The third-order valence-corrected chi connectivity index (χ3v) is 3.05. The van der Waals surface area contributed by atoms with E-state index in [1.54, 1.807) is 12.1 Å². The molecule has 1 fully saturated rings. The molecule has 0 N–H and O–H groups in total. The van der Waals surface area contributed by atoms with Crippen LogP contribution in [0.1, 0.15) is 50.7 Å². The van der Waals surface area contributed by atoms with Gasteiger partial charge in [0.1, 0.15) is 5.82 Å². The fourth-order valence-corrected chi connectivity index (χ4v) is 2.30. The topological polar surface area (TPSA) is 0 Å². The summed E-state index contributed by atoms with van der Waals surface area (Å²) in [5.74, 6) is 1.25. The molecule has 15 heavy (non-hydrogen) atoms. The molecule has 0 saturated heterocycles. The van der Waals surface area contributed by atoms with E-state index in [-0.39, 0.29) is 5.82 Å². The second kappa shape index (κ2) is 5.29. The van der Waals surface area contributed by atoms with Crippen LogP contribution in [-0.4, -0.2) is 0 Å². The van der Waals surface area contributed by atoms with Crippen molar-refractivity contribution >= 4 is 0 Å². The van der Waals surface area contributed by atoms with Gasteiger partial charge < -0.3 is 0 Å². The zero-order chi connectivity index (χ0) is 11.4. The molecule has 1 aromatic carbocycles. The van der Waals surface area contributed by atoms with E-state index in [0.29, 0.717) is 5.92 Å². The van der Waals surface area contributed by atoms with Crippen LogP contribution in [0.25, 0.3) is 0 Å². The fraction of sp³-hybridized carbons (Fsp3) is 0.571. The molecule has 0 nitrogen and oxygen atoms in total. The minimum absolute atomic E-state index is 0.0168. The lowest BCUT2D eigenvalue weighted by Crippen LogP contribution is -2.20. The Kier molecular flexibility index (Phi) is 4.31. The van der Waals surface area contributed by atoms with Gasteiger partial charge in [0.2, 0.25) is 0 Å². The lowest BCUT2D eigenvalue weighted by Gasteiger charge is -2.34. The van der Waals surface area contributed by atoms with E-state index >= 15 is 0 Å². The Labute approximate surface area is 92.5 Å². The molecule has 1 saturated carbocycles. The number of rotatable bonds is 1. The summed E-state index contributed by atoms with van der Waals surface area (Å²) < 4.78 is 13.4. The Bertz CT molecular complexity index is 291. The molecule has 0 heterocycles. The minimum atomic E-state index is -0.0168. The summed E-state index contributed by atoms with van der Waals surface area (Å²) in [5, 5.41) is 0. The Morgan fingerprint density at radius 1 is 1.20 bits per heavy atom. The highest BCUT2D eigenvalue weighted by molar-refractivity contribution is 5.32. The first-order valence-electron chi connectivity index (χ1n) is 5.93. The standard InChI is InChI=1S/C12H15F.C2H6/c1-8-6-10(7-8)12-9(2)4-3-5-11(12)13;1-2/h3-5,8,10H,6-7H2,1-2H3;1-2H3. The molecule has 1 aliphatic carbocycles. The van der Waals surface area contributed by atoms with E-state index in [1.165, 1.54) is 0 Å². The molecule has 0 unspecified atom stereocenters. The van der Waals surface area contributed by atoms with E-state index < -0.39 is 0 Å². The van der Waals surface area contributed by atoms with Crippen LogP contribution in [-0.2, 0) is 0 Å². The van der Waals surface area contributed by atoms with Gasteiger partial charge >= 0.3 is 0 Å². The number of halogens is 1. The molecule has 0 bridgehead atoms. The lowest BCUT2D eigenvalue weighted by atomic mass is 9.71. The van der Waals surface area contributed by atoms with E-state index in [1.807, 2.05) is 26.8 Å². The highest BCUT2D eigenvalue weighted by Gasteiger charge is 2.29. The number of hydrogen-bond acceptors (Lipinski definition) is 0. The monoisotopic (exact) mass is 208 g/mol. The minimum Gasteiger partial charge on any atom is -0.207 e.